The van der Waals surface area contributed by atoms with Crippen LogP contribution in [0.1, 0.15) is 40.5 Å². The van der Waals surface area contributed by atoms with Gasteiger partial charge >= 0.3 is 0 Å². The van der Waals surface area contributed by atoms with Gasteiger partial charge in [0, 0.05) is 6.61 Å². The molecule has 0 aliphatic rings. The first-order valence-electron chi connectivity index (χ1n) is 6.37. The van der Waals surface area contributed by atoms with Crippen molar-refractivity contribution < 1.29 is 9.22 Å². The molecule has 0 aliphatic heterocycles. The Morgan fingerprint density at radius 3 is 2.35 bits per heavy atom. The minimum Gasteiger partial charge on any atom is -0.417 e. The van der Waals surface area contributed by atoms with E-state index in [-0.39, 0.29) is 5.04 Å². The largest absolute Gasteiger partial charge is 0.417 e. The van der Waals surface area contributed by atoms with E-state index in [1.165, 1.54) is 0 Å². The van der Waals surface area contributed by atoms with Crippen LogP contribution in [0.25, 0.3) is 0 Å². The number of aldehydes is 1. The van der Waals surface area contributed by atoms with Gasteiger partial charge in [-0.1, -0.05) is 34.3 Å². The highest BCUT2D eigenvalue weighted by Gasteiger charge is 2.36. The first kappa shape index (κ1) is 16.6. The van der Waals surface area contributed by atoms with Gasteiger partial charge in [0.2, 0.25) is 0 Å². The van der Waals surface area contributed by atoms with Gasteiger partial charge in [0.1, 0.15) is 6.29 Å². The quantitative estimate of drug-likeness (QED) is 0.388. The van der Waals surface area contributed by atoms with Gasteiger partial charge in [-0.2, -0.15) is 0 Å². The first-order valence-corrected chi connectivity index (χ1v) is 9.28. The standard InChI is InChI=1S/C14H28O2Si/c1-12(10-13(2)11-15)8-9-16-17(6,7)14(3,4)5/h11-12H,2,8-10H2,1,3-7H3/t12-/m0/s1. The summed E-state index contributed by atoms with van der Waals surface area (Å²) in [5.74, 6) is 0.470. The fourth-order valence-corrected chi connectivity index (χ4v) is 2.39. The molecule has 0 bridgehead atoms. The van der Waals surface area contributed by atoms with Gasteiger partial charge in [-0.15, -0.1) is 0 Å². The summed E-state index contributed by atoms with van der Waals surface area (Å²) >= 11 is 0. The summed E-state index contributed by atoms with van der Waals surface area (Å²) in [6, 6.07) is 0. The molecule has 0 aromatic heterocycles. The van der Waals surface area contributed by atoms with Gasteiger partial charge in [-0.3, -0.25) is 4.79 Å². The second-order valence-electron chi connectivity index (χ2n) is 6.48. The normalized spacial score (nSPS) is 14.5. The second kappa shape index (κ2) is 6.50. The molecular formula is C14H28O2Si. The average Bonchev–Trinajstić information content (AvgIpc) is 2.15. The number of carbonyl (C=O) groups is 1. The molecule has 0 aromatic carbocycles. The fraction of sp³-hybridized carbons (Fsp3) is 0.786. The minimum absolute atomic E-state index is 0.266. The lowest BCUT2D eigenvalue weighted by atomic mass is 10.0. The zero-order valence-corrected chi connectivity index (χ0v) is 13.3. The Morgan fingerprint density at radius 2 is 1.94 bits per heavy atom. The van der Waals surface area contributed by atoms with Crippen molar-refractivity contribution in [2.75, 3.05) is 6.61 Å². The van der Waals surface area contributed by atoms with Crippen LogP contribution in [-0.2, 0) is 9.22 Å². The van der Waals surface area contributed by atoms with Crippen LogP contribution in [0.15, 0.2) is 12.2 Å². The predicted octanol–water partition coefficient (Wildman–Crippen LogP) is 4.18. The highest BCUT2D eigenvalue weighted by Crippen LogP contribution is 2.36. The van der Waals surface area contributed by atoms with E-state index in [1.807, 2.05) is 0 Å². The van der Waals surface area contributed by atoms with Gasteiger partial charge in [-0.05, 0) is 42.5 Å². The number of hydrogen-bond acceptors (Lipinski definition) is 2. The van der Waals surface area contributed by atoms with Crippen LogP contribution in [0.3, 0.4) is 0 Å². The highest BCUT2D eigenvalue weighted by atomic mass is 28.4. The molecule has 3 heteroatoms. The number of hydrogen-bond donors (Lipinski definition) is 0. The van der Waals surface area contributed by atoms with Gasteiger partial charge in [-0.25, -0.2) is 0 Å². The molecule has 0 saturated heterocycles. The van der Waals surface area contributed by atoms with Crippen LogP contribution in [-0.4, -0.2) is 21.2 Å². The van der Waals surface area contributed by atoms with Gasteiger partial charge in [0.15, 0.2) is 8.32 Å². The molecule has 0 rings (SSSR count). The Hall–Kier alpha value is -0.413. The molecule has 0 spiro atoms. The molecule has 0 saturated carbocycles. The highest BCUT2D eigenvalue weighted by molar-refractivity contribution is 6.74. The van der Waals surface area contributed by atoms with Crippen molar-refractivity contribution in [1.82, 2.24) is 0 Å². The maximum Gasteiger partial charge on any atom is 0.191 e. The third-order valence-corrected chi connectivity index (χ3v) is 8.20. The van der Waals surface area contributed by atoms with E-state index in [0.717, 1.165) is 25.7 Å². The van der Waals surface area contributed by atoms with Crippen molar-refractivity contribution >= 4 is 14.6 Å². The van der Waals surface area contributed by atoms with Crippen molar-refractivity contribution in [3.05, 3.63) is 12.2 Å². The van der Waals surface area contributed by atoms with Crippen LogP contribution < -0.4 is 0 Å². The van der Waals surface area contributed by atoms with Crippen LogP contribution in [0.2, 0.25) is 18.1 Å². The molecule has 100 valence electrons. The van der Waals surface area contributed by atoms with E-state index in [4.69, 9.17) is 4.43 Å². The third-order valence-electron chi connectivity index (χ3n) is 3.66. The average molecular weight is 256 g/mol. The lowest BCUT2D eigenvalue weighted by Gasteiger charge is -2.36. The Kier molecular flexibility index (Phi) is 6.34. The van der Waals surface area contributed by atoms with Crippen LogP contribution in [0, 0.1) is 5.92 Å². The zero-order chi connectivity index (χ0) is 13.7. The second-order valence-corrected chi connectivity index (χ2v) is 11.3. The fourth-order valence-electron chi connectivity index (χ4n) is 1.33. The molecule has 1 atom stereocenters. The monoisotopic (exact) mass is 256 g/mol. The topological polar surface area (TPSA) is 26.3 Å². The summed E-state index contributed by atoms with van der Waals surface area (Å²) in [6.45, 7) is 17.9. The van der Waals surface area contributed by atoms with Crippen molar-refractivity contribution in [1.29, 1.82) is 0 Å². The summed E-state index contributed by atoms with van der Waals surface area (Å²) in [5.41, 5.74) is 0.685. The molecule has 0 heterocycles. The zero-order valence-electron chi connectivity index (χ0n) is 12.3. The van der Waals surface area contributed by atoms with Crippen molar-refractivity contribution in [3.8, 4) is 0 Å². The maximum atomic E-state index is 10.5. The van der Waals surface area contributed by atoms with Crippen LogP contribution in [0.4, 0.5) is 0 Å². The van der Waals surface area contributed by atoms with E-state index < -0.39 is 8.32 Å². The van der Waals surface area contributed by atoms with Gasteiger partial charge in [0.25, 0.3) is 0 Å². The Morgan fingerprint density at radius 1 is 1.41 bits per heavy atom. The molecular weight excluding hydrogens is 228 g/mol. The summed E-state index contributed by atoms with van der Waals surface area (Å²) in [6.07, 6.45) is 2.63. The third kappa shape index (κ3) is 6.17. The van der Waals surface area contributed by atoms with Gasteiger partial charge < -0.3 is 4.43 Å². The van der Waals surface area contributed by atoms with Crippen LogP contribution in [0.5, 0.6) is 0 Å². The molecule has 0 N–H and O–H groups in total. The molecule has 0 amide bonds. The molecule has 0 radical (unpaired) electrons. The summed E-state index contributed by atoms with van der Waals surface area (Å²) < 4.78 is 6.10. The Labute approximate surface area is 108 Å². The van der Waals surface area contributed by atoms with E-state index >= 15 is 0 Å². The van der Waals surface area contributed by atoms with E-state index in [2.05, 4.69) is 47.4 Å². The Bertz CT molecular complexity index is 264. The molecule has 0 aliphatic carbocycles. The maximum absolute atomic E-state index is 10.5. The number of carbonyl (C=O) groups excluding carboxylic acids is 1. The number of allylic oxidation sites excluding steroid dienone is 1. The van der Waals surface area contributed by atoms with Crippen molar-refractivity contribution in [2.24, 2.45) is 5.92 Å². The van der Waals surface area contributed by atoms with Crippen LogP contribution >= 0.6 is 0 Å². The molecule has 0 fully saturated rings. The van der Waals surface area contributed by atoms with E-state index in [1.54, 1.807) is 0 Å². The lowest BCUT2D eigenvalue weighted by molar-refractivity contribution is -0.105. The SMILES string of the molecule is C=C(C=O)C[C@@H](C)CCO[Si](C)(C)C(C)(C)C. The summed E-state index contributed by atoms with van der Waals surface area (Å²) in [5, 5.41) is 0.266. The van der Waals surface area contributed by atoms with Crippen molar-refractivity contribution in [3.63, 3.8) is 0 Å². The Balaban J connectivity index is 3.99. The van der Waals surface area contributed by atoms with E-state index in [9.17, 15) is 4.79 Å². The molecule has 17 heavy (non-hydrogen) atoms. The van der Waals surface area contributed by atoms with Crippen molar-refractivity contribution in [2.45, 2.75) is 58.7 Å². The van der Waals surface area contributed by atoms with Gasteiger partial charge in [0.05, 0.1) is 0 Å². The smallest absolute Gasteiger partial charge is 0.191 e. The minimum atomic E-state index is -1.61. The first-order chi connectivity index (χ1) is 7.60. The lowest BCUT2D eigenvalue weighted by Crippen LogP contribution is -2.41. The summed E-state index contributed by atoms with van der Waals surface area (Å²) in [4.78, 5) is 10.5. The predicted molar refractivity (Wildman–Crippen MR) is 76.8 cm³/mol. The molecule has 0 unspecified atom stereocenters. The summed E-state index contributed by atoms with van der Waals surface area (Å²) in [7, 11) is -1.61. The molecule has 2 nitrogen and oxygen atoms in total. The molecule has 0 aromatic rings. The number of rotatable bonds is 7. The van der Waals surface area contributed by atoms with E-state index in [0.29, 0.717) is 11.5 Å².